The standard InChI is InChI=1S/C42H58N6O6/c1-7-30(5)25-48(44-39(50)24-35(49)22-21-29(3)4)41(52)38(46(8-2)42(53)54-27-32-15-10-9-11-16-32)23-34-26-45(40(51)31(6)43)28-47(34)37-20-14-18-33-17-12-13-19-36(33)37/h9-20,26,29-31,35,38,49H,7-8,21-25,27-28,43H2,1-6H3,(H,44,50)/t30?,31-,35-,38-/m0/s1. The van der Waals surface area contributed by atoms with Crippen molar-refractivity contribution in [2.24, 2.45) is 17.6 Å². The smallest absolute Gasteiger partial charge is 0.410 e. The Balaban J connectivity index is 1.75. The number of likely N-dealkylation sites (N-methyl/N-ethyl adjacent to an activating group) is 1. The molecule has 3 aromatic carbocycles. The highest BCUT2D eigenvalue weighted by Gasteiger charge is 2.39. The third-order valence-corrected chi connectivity index (χ3v) is 9.73. The highest BCUT2D eigenvalue weighted by molar-refractivity contribution is 5.96. The van der Waals surface area contributed by atoms with Gasteiger partial charge < -0.3 is 20.5 Å². The maximum Gasteiger partial charge on any atom is 0.410 e. The summed E-state index contributed by atoms with van der Waals surface area (Å²) in [7, 11) is 0. The number of hydrogen-bond donors (Lipinski definition) is 3. The zero-order valence-corrected chi connectivity index (χ0v) is 32.6. The van der Waals surface area contributed by atoms with Gasteiger partial charge in [-0.2, -0.15) is 0 Å². The van der Waals surface area contributed by atoms with E-state index in [9.17, 15) is 24.3 Å². The molecule has 292 valence electrons. The highest BCUT2D eigenvalue weighted by atomic mass is 16.6. The van der Waals surface area contributed by atoms with Gasteiger partial charge in [0, 0.05) is 36.8 Å². The van der Waals surface area contributed by atoms with Crippen molar-refractivity contribution in [2.45, 2.75) is 98.4 Å². The number of hydrogen-bond acceptors (Lipinski definition) is 8. The second kappa shape index (κ2) is 19.9. The lowest BCUT2D eigenvalue weighted by atomic mass is 10.0. The van der Waals surface area contributed by atoms with Crippen molar-refractivity contribution in [3.05, 3.63) is 90.3 Å². The number of aliphatic hydroxyl groups is 1. The fraction of sp³-hybridized carbons (Fsp3) is 0.476. The molecule has 0 fully saturated rings. The SMILES string of the molecule is CCC(C)CN(NC(=O)C[C@@H](O)CCC(C)C)C(=O)[C@H](CC1=CN(C(=O)[C@H](C)N)CN1c1cccc2ccccc12)N(CC)C(=O)OCc1ccccc1. The second-order valence-electron chi connectivity index (χ2n) is 14.7. The van der Waals surface area contributed by atoms with E-state index in [1.807, 2.05) is 91.5 Å². The summed E-state index contributed by atoms with van der Waals surface area (Å²) in [6, 6.07) is 21.2. The summed E-state index contributed by atoms with van der Waals surface area (Å²) in [6.45, 7) is 11.9. The summed E-state index contributed by atoms with van der Waals surface area (Å²) in [5, 5.41) is 13.9. The van der Waals surface area contributed by atoms with Gasteiger partial charge in [0.1, 0.15) is 19.3 Å². The molecule has 4 N–H and O–H groups in total. The molecule has 0 spiro atoms. The molecule has 12 nitrogen and oxygen atoms in total. The third-order valence-electron chi connectivity index (χ3n) is 9.73. The first kappa shape index (κ1) is 41.8. The monoisotopic (exact) mass is 742 g/mol. The van der Waals surface area contributed by atoms with Gasteiger partial charge >= 0.3 is 6.09 Å². The predicted octanol–water partition coefficient (Wildman–Crippen LogP) is 6.15. The third kappa shape index (κ3) is 11.3. The van der Waals surface area contributed by atoms with Crippen LogP contribution in [0.3, 0.4) is 0 Å². The number of benzene rings is 3. The van der Waals surface area contributed by atoms with E-state index in [4.69, 9.17) is 10.5 Å². The Hall–Kier alpha value is -4.94. The number of nitrogens with one attached hydrogen (secondary N) is 1. The minimum absolute atomic E-state index is 0.000161. The van der Waals surface area contributed by atoms with E-state index in [2.05, 4.69) is 19.3 Å². The number of aliphatic hydroxyl groups excluding tert-OH is 1. The largest absolute Gasteiger partial charge is 0.445 e. The molecule has 4 atom stereocenters. The Morgan fingerprint density at radius 1 is 0.926 bits per heavy atom. The number of nitrogens with zero attached hydrogens (tertiary/aromatic N) is 4. The molecule has 4 amide bonds. The van der Waals surface area contributed by atoms with Gasteiger partial charge in [-0.1, -0.05) is 101 Å². The molecule has 1 unspecified atom stereocenters. The number of rotatable bonds is 17. The van der Waals surface area contributed by atoms with Crippen LogP contribution in [0.5, 0.6) is 0 Å². The Morgan fingerprint density at radius 2 is 1.61 bits per heavy atom. The summed E-state index contributed by atoms with van der Waals surface area (Å²) in [6.07, 6.45) is 1.89. The van der Waals surface area contributed by atoms with Gasteiger partial charge in [0.15, 0.2) is 0 Å². The Morgan fingerprint density at radius 3 is 2.28 bits per heavy atom. The molecule has 1 aliphatic rings. The molecule has 54 heavy (non-hydrogen) atoms. The van der Waals surface area contributed by atoms with Crippen LogP contribution in [0.4, 0.5) is 10.5 Å². The first-order valence-corrected chi connectivity index (χ1v) is 19.1. The van der Waals surface area contributed by atoms with E-state index in [0.29, 0.717) is 18.0 Å². The molecular formula is C42H58N6O6. The Labute approximate surface area is 319 Å². The van der Waals surface area contributed by atoms with Gasteiger partial charge in [-0.3, -0.25) is 34.6 Å². The summed E-state index contributed by atoms with van der Waals surface area (Å²) in [5.74, 6) is -0.948. The molecule has 0 saturated carbocycles. The average molecular weight is 743 g/mol. The number of amides is 4. The van der Waals surface area contributed by atoms with Crippen molar-refractivity contribution in [3.63, 3.8) is 0 Å². The van der Waals surface area contributed by atoms with Gasteiger partial charge in [-0.15, -0.1) is 0 Å². The first-order chi connectivity index (χ1) is 25.8. The minimum atomic E-state index is -1.15. The van der Waals surface area contributed by atoms with Crippen LogP contribution in [0.15, 0.2) is 84.7 Å². The molecule has 1 heterocycles. The zero-order valence-electron chi connectivity index (χ0n) is 32.6. The Kier molecular flexibility index (Phi) is 15.4. The van der Waals surface area contributed by atoms with Crippen LogP contribution in [0.1, 0.15) is 79.2 Å². The number of carbonyl (C=O) groups is 4. The van der Waals surface area contributed by atoms with E-state index in [1.54, 1.807) is 20.0 Å². The van der Waals surface area contributed by atoms with Crippen LogP contribution in [0.2, 0.25) is 0 Å². The van der Waals surface area contributed by atoms with Crippen molar-refractivity contribution in [2.75, 3.05) is 24.7 Å². The lowest BCUT2D eigenvalue weighted by Gasteiger charge is -2.36. The average Bonchev–Trinajstić information content (AvgIpc) is 3.58. The summed E-state index contributed by atoms with van der Waals surface area (Å²) >= 11 is 0. The molecule has 0 aromatic heterocycles. The fourth-order valence-corrected chi connectivity index (χ4v) is 6.42. The highest BCUT2D eigenvalue weighted by Crippen LogP contribution is 2.35. The van der Waals surface area contributed by atoms with Crippen molar-refractivity contribution >= 4 is 40.3 Å². The van der Waals surface area contributed by atoms with Crippen molar-refractivity contribution < 1.29 is 29.0 Å². The molecule has 12 heteroatoms. The van der Waals surface area contributed by atoms with Crippen LogP contribution in [-0.4, -0.2) is 81.7 Å². The number of nitrogens with two attached hydrogens (primary N) is 1. The van der Waals surface area contributed by atoms with Crippen molar-refractivity contribution in [1.82, 2.24) is 20.2 Å². The lowest BCUT2D eigenvalue weighted by molar-refractivity contribution is -0.147. The van der Waals surface area contributed by atoms with Crippen LogP contribution in [-0.2, 0) is 25.7 Å². The predicted molar refractivity (Wildman–Crippen MR) is 211 cm³/mol. The summed E-state index contributed by atoms with van der Waals surface area (Å²) < 4.78 is 5.78. The fourth-order valence-electron chi connectivity index (χ4n) is 6.42. The lowest BCUT2D eigenvalue weighted by Crippen LogP contribution is -2.57. The maximum atomic E-state index is 14.9. The maximum absolute atomic E-state index is 14.9. The van der Waals surface area contributed by atoms with E-state index in [0.717, 1.165) is 34.9 Å². The first-order valence-electron chi connectivity index (χ1n) is 19.1. The molecule has 1 aliphatic heterocycles. The zero-order chi connectivity index (χ0) is 39.4. The van der Waals surface area contributed by atoms with Gasteiger partial charge in [0.05, 0.1) is 24.3 Å². The van der Waals surface area contributed by atoms with Gasteiger partial charge in [-0.25, -0.2) is 4.79 Å². The number of hydrazine groups is 1. The Bertz CT molecular complexity index is 1740. The molecule has 0 radical (unpaired) electrons. The van der Waals surface area contributed by atoms with Crippen LogP contribution >= 0.6 is 0 Å². The molecule has 3 aromatic rings. The van der Waals surface area contributed by atoms with Crippen molar-refractivity contribution in [3.8, 4) is 0 Å². The van der Waals surface area contributed by atoms with Crippen LogP contribution < -0.4 is 16.1 Å². The number of ether oxygens (including phenoxy) is 1. The number of fused-ring (bicyclic) bond motifs is 1. The van der Waals surface area contributed by atoms with E-state index >= 15 is 0 Å². The van der Waals surface area contributed by atoms with Crippen LogP contribution in [0.25, 0.3) is 10.8 Å². The molecule has 4 rings (SSSR count). The van der Waals surface area contributed by atoms with Crippen molar-refractivity contribution in [1.29, 1.82) is 0 Å². The topological polar surface area (TPSA) is 149 Å². The number of carbonyl (C=O) groups excluding carboxylic acids is 4. The molecule has 0 bridgehead atoms. The summed E-state index contributed by atoms with van der Waals surface area (Å²) in [4.78, 5) is 60.5. The quantitative estimate of drug-likeness (QED) is 0.140. The number of anilines is 1. The molecule has 0 saturated heterocycles. The normalized spacial score (nSPS) is 15.0. The van der Waals surface area contributed by atoms with Gasteiger partial charge in [-0.05, 0) is 55.5 Å². The molecule has 0 aliphatic carbocycles. The van der Waals surface area contributed by atoms with E-state index in [1.165, 1.54) is 14.8 Å². The summed E-state index contributed by atoms with van der Waals surface area (Å²) in [5.41, 5.74) is 11.1. The van der Waals surface area contributed by atoms with Crippen LogP contribution in [0, 0.1) is 11.8 Å². The van der Waals surface area contributed by atoms with E-state index in [-0.39, 0.29) is 51.0 Å². The molecular weight excluding hydrogens is 684 g/mol. The van der Waals surface area contributed by atoms with Gasteiger partial charge in [0.2, 0.25) is 11.8 Å². The second-order valence-corrected chi connectivity index (χ2v) is 14.7. The van der Waals surface area contributed by atoms with Gasteiger partial charge in [0.25, 0.3) is 5.91 Å². The minimum Gasteiger partial charge on any atom is -0.445 e. The van der Waals surface area contributed by atoms with E-state index < -0.39 is 36.1 Å².